The number of benzene rings is 2. The molecular formula is C22H23N. The van der Waals surface area contributed by atoms with E-state index in [4.69, 9.17) is 0 Å². The summed E-state index contributed by atoms with van der Waals surface area (Å²) in [5, 5.41) is 3.61. The molecule has 0 atom stereocenters. The lowest BCUT2D eigenvalue weighted by molar-refractivity contribution is 0.656. The van der Waals surface area contributed by atoms with Gasteiger partial charge >= 0.3 is 0 Å². The van der Waals surface area contributed by atoms with Gasteiger partial charge in [0.2, 0.25) is 0 Å². The molecule has 2 aliphatic rings. The molecule has 0 bridgehead atoms. The Morgan fingerprint density at radius 2 is 1.70 bits per heavy atom. The van der Waals surface area contributed by atoms with Crippen molar-refractivity contribution in [1.29, 1.82) is 0 Å². The molecule has 0 saturated carbocycles. The van der Waals surface area contributed by atoms with Crippen LogP contribution in [0.4, 0.5) is 11.4 Å². The average Bonchev–Trinajstić information content (AvgIpc) is 2.73. The van der Waals surface area contributed by atoms with E-state index in [1.165, 1.54) is 28.0 Å². The molecule has 1 nitrogen and oxygen atoms in total. The van der Waals surface area contributed by atoms with Crippen molar-refractivity contribution in [2.45, 2.75) is 25.7 Å². The molecule has 0 amide bonds. The van der Waals surface area contributed by atoms with E-state index in [9.17, 15) is 0 Å². The van der Waals surface area contributed by atoms with Gasteiger partial charge in [0.25, 0.3) is 0 Å². The number of nitrogens with one attached hydrogen (secondary N) is 1. The third-order valence-corrected chi connectivity index (χ3v) is 4.84. The fourth-order valence-corrected chi connectivity index (χ4v) is 3.78. The second-order valence-corrected chi connectivity index (χ2v) is 6.71. The van der Waals surface area contributed by atoms with Crippen LogP contribution in [0.15, 0.2) is 78.4 Å². The van der Waals surface area contributed by atoms with E-state index >= 15 is 0 Å². The number of allylic oxidation sites excluding steroid dienone is 6. The zero-order valence-corrected chi connectivity index (χ0v) is 13.6. The quantitative estimate of drug-likeness (QED) is 0.692. The molecule has 2 aromatic rings. The Morgan fingerprint density at radius 1 is 0.913 bits per heavy atom. The molecule has 1 heteroatoms. The van der Waals surface area contributed by atoms with Crippen LogP contribution in [0.1, 0.15) is 32.8 Å². The van der Waals surface area contributed by atoms with Gasteiger partial charge in [-0.25, -0.2) is 0 Å². The Kier molecular flexibility index (Phi) is 3.23. The molecule has 0 radical (unpaired) electrons. The maximum absolute atomic E-state index is 3.61. The highest BCUT2D eigenvalue weighted by Crippen LogP contribution is 2.51. The first-order valence-corrected chi connectivity index (χ1v) is 8.22. The average molecular weight is 301 g/mol. The van der Waals surface area contributed by atoms with Crippen molar-refractivity contribution >= 4 is 16.9 Å². The molecule has 116 valence electrons. The lowest BCUT2D eigenvalue weighted by Crippen LogP contribution is -2.18. The highest BCUT2D eigenvalue weighted by atomic mass is 14.9. The minimum atomic E-state index is 0. The summed E-state index contributed by atoms with van der Waals surface area (Å²) in [6.07, 6.45) is 10.1. The van der Waals surface area contributed by atoms with E-state index in [1.807, 2.05) is 6.07 Å². The van der Waals surface area contributed by atoms with Crippen molar-refractivity contribution in [3.8, 4) is 0 Å². The summed E-state index contributed by atoms with van der Waals surface area (Å²) < 4.78 is 0. The standard InChI is InChI=1S/C22H21N.H2/c1-22(2)19-14-8-4-7-12-17(19)18-13-9-15-20(21(18)22)23-16-10-5-3-6-11-16;/h3,5-15,23H,4H2,1-2H3;1H. The molecule has 0 aromatic heterocycles. The predicted molar refractivity (Wildman–Crippen MR) is 101 cm³/mol. The van der Waals surface area contributed by atoms with Crippen molar-refractivity contribution in [3.63, 3.8) is 0 Å². The minimum Gasteiger partial charge on any atom is -0.355 e. The third-order valence-electron chi connectivity index (χ3n) is 4.84. The number of rotatable bonds is 2. The van der Waals surface area contributed by atoms with E-state index < -0.39 is 0 Å². The summed E-state index contributed by atoms with van der Waals surface area (Å²) in [5.74, 6) is 0. The molecule has 0 aliphatic heterocycles. The first-order valence-electron chi connectivity index (χ1n) is 8.22. The molecular weight excluding hydrogens is 278 g/mol. The molecule has 0 spiro atoms. The van der Waals surface area contributed by atoms with Gasteiger partial charge in [-0.1, -0.05) is 68.5 Å². The van der Waals surface area contributed by atoms with Gasteiger partial charge in [0.1, 0.15) is 0 Å². The molecule has 23 heavy (non-hydrogen) atoms. The normalized spacial score (nSPS) is 17.7. The first-order chi connectivity index (χ1) is 11.2. The van der Waals surface area contributed by atoms with Crippen LogP contribution in [-0.2, 0) is 5.41 Å². The second-order valence-electron chi connectivity index (χ2n) is 6.71. The van der Waals surface area contributed by atoms with Crippen molar-refractivity contribution in [2.75, 3.05) is 5.32 Å². The third kappa shape index (κ3) is 2.24. The lowest BCUT2D eigenvalue weighted by Gasteiger charge is -2.26. The minimum absolute atomic E-state index is 0. The van der Waals surface area contributed by atoms with E-state index in [-0.39, 0.29) is 6.84 Å². The van der Waals surface area contributed by atoms with Crippen LogP contribution in [0.2, 0.25) is 0 Å². The number of fused-ring (bicyclic) bond motifs is 2. The fourth-order valence-electron chi connectivity index (χ4n) is 3.78. The van der Waals surface area contributed by atoms with Crippen LogP contribution in [0.5, 0.6) is 0 Å². The van der Waals surface area contributed by atoms with Gasteiger partial charge in [-0.05, 0) is 46.9 Å². The molecule has 2 aromatic carbocycles. The van der Waals surface area contributed by atoms with E-state index in [2.05, 4.69) is 85.9 Å². The van der Waals surface area contributed by atoms with Crippen molar-refractivity contribution in [2.24, 2.45) is 0 Å². The number of hydrogen-bond acceptors (Lipinski definition) is 1. The Balaban J connectivity index is 0.00000169. The molecule has 0 heterocycles. The highest BCUT2D eigenvalue weighted by molar-refractivity contribution is 5.91. The van der Waals surface area contributed by atoms with Gasteiger partial charge in [0.05, 0.1) is 0 Å². The smallest absolute Gasteiger partial charge is 0.0431 e. The van der Waals surface area contributed by atoms with E-state index in [0.29, 0.717) is 0 Å². The van der Waals surface area contributed by atoms with Gasteiger partial charge < -0.3 is 5.32 Å². The van der Waals surface area contributed by atoms with Crippen LogP contribution < -0.4 is 5.32 Å². The Morgan fingerprint density at radius 3 is 2.52 bits per heavy atom. The predicted octanol–water partition coefficient (Wildman–Crippen LogP) is 6.24. The SMILES string of the molecule is CC1(C)C2=C(C=CCC=C2)c2cccc(Nc3ccccc3)c21.[HH]. The lowest BCUT2D eigenvalue weighted by atomic mass is 9.80. The number of anilines is 2. The summed E-state index contributed by atoms with van der Waals surface area (Å²) in [4.78, 5) is 0. The number of hydrogen-bond donors (Lipinski definition) is 1. The maximum Gasteiger partial charge on any atom is 0.0431 e. The molecule has 0 fully saturated rings. The van der Waals surface area contributed by atoms with Crippen LogP contribution in [0.3, 0.4) is 0 Å². The van der Waals surface area contributed by atoms with Crippen LogP contribution in [-0.4, -0.2) is 0 Å². The zero-order valence-electron chi connectivity index (χ0n) is 13.6. The summed E-state index contributed by atoms with van der Waals surface area (Å²) in [6, 6.07) is 17.0. The summed E-state index contributed by atoms with van der Waals surface area (Å²) in [7, 11) is 0. The zero-order chi connectivity index (χ0) is 15.9. The van der Waals surface area contributed by atoms with Gasteiger partial charge in [-0.15, -0.1) is 0 Å². The fraction of sp³-hybridized carbons (Fsp3) is 0.182. The Hall–Kier alpha value is -2.54. The van der Waals surface area contributed by atoms with Gasteiger partial charge in [-0.3, -0.25) is 0 Å². The van der Waals surface area contributed by atoms with Gasteiger partial charge in [0, 0.05) is 18.2 Å². The van der Waals surface area contributed by atoms with Gasteiger partial charge in [-0.2, -0.15) is 0 Å². The first kappa shape index (κ1) is 14.1. The Labute approximate surface area is 139 Å². The molecule has 0 saturated heterocycles. The number of para-hydroxylation sites is 1. The largest absolute Gasteiger partial charge is 0.355 e. The molecule has 1 N–H and O–H groups in total. The second kappa shape index (κ2) is 5.27. The van der Waals surface area contributed by atoms with Crippen molar-refractivity contribution in [1.82, 2.24) is 0 Å². The summed E-state index contributed by atoms with van der Waals surface area (Å²) in [5.41, 5.74) is 7.88. The van der Waals surface area contributed by atoms with Gasteiger partial charge in [0.15, 0.2) is 0 Å². The van der Waals surface area contributed by atoms with Crippen LogP contribution >= 0.6 is 0 Å². The van der Waals surface area contributed by atoms with Crippen LogP contribution in [0.25, 0.3) is 5.57 Å². The summed E-state index contributed by atoms with van der Waals surface area (Å²) in [6.45, 7) is 4.65. The Bertz CT molecular complexity index is 842. The maximum atomic E-state index is 3.61. The molecule has 0 unspecified atom stereocenters. The highest BCUT2D eigenvalue weighted by Gasteiger charge is 2.37. The monoisotopic (exact) mass is 301 g/mol. The van der Waals surface area contributed by atoms with E-state index in [1.54, 1.807) is 0 Å². The van der Waals surface area contributed by atoms with E-state index in [0.717, 1.165) is 12.1 Å². The molecule has 4 rings (SSSR count). The molecule has 2 aliphatic carbocycles. The topological polar surface area (TPSA) is 12.0 Å². The van der Waals surface area contributed by atoms with Crippen molar-refractivity contribution in [3.05, 3.63) is 89.5 Å². The van der Waals surface area contributed by atoms with Crippen molar-refractivity contribution < 1.29 is 1.43 Å². The summed E-state index contributed by atoms with van der Waals surface area (Å²) >= 11 is 0. The van der Waals surface area contributed by atoms with Crippen LogP contribution in [0, 0.1) is 0 Å².